The molecule has 0 radical (unpaired) electrons. The van der Waals surface area contributed by atoms with E-state index >= 15 is 0 Å². The molecule has 3 unspecified atom stereocenters. The standard InChI is InChI=1S/C23H30N4O3S/c1-17-9-11-20(12-10-17)31(29,30)24-15-18-6-5-13-27(16-18)23(28)22-14-21(25-26-22)19-7-3-2-4-8-19/h2-4,7-12,18,21-22,24-26H,5-6,13-16H2,1H3. The van der Waals surface area contributed by atoms with Gasteiger partial charge in [0.1, 0.15) is 6.04 Å². The normalized spacial score (nSPS) is 24.3. The van der Waals surface area contributed by atoms with E-state index in [1.165, 1.54) is 0 Å². The Balaban J connectivity index is 1.31. The molecule has 2 fully saturated rings. The van der Waals surface area contributed by atoms with Gasteiger partial charge in [-0.3, -0.25) is 4.79 Å². The van der Waals surface area contributed by atoms with Crippen molar-refractivity contribution in [2.24, 2.45) is 5.92 Å². The first kappa shape index (κ1) is 22.0. The second-order valence-corrected chi connectivity index (χ2v) is 10.3. The van der Waals surface area contributed by atoms with Crippen LogP contribution in [-0.4, -0.2) is 44.9 Å². The van der Waals surface area contributed by atoms with Crippen molar-refractivity contribution in [3.63, 3.8) is 0 Å². The zero-order chi connectivity index (χ0) is 21.8. The Kier molecular flexibility index (Phi) is 6.71. The number of benzene rings is 2. The Bertz CT molecular complexity index is 995. The lowest BCUT2D eigenvalue weighted by Gasteiger charge is -2.34. The molecule has 2 aliphatic heterocycles. The average molecular weight is 443 g/mol. The Hall–Kier alpha value is -2.26. The van der Waals surface area contributed by atoms with Gasteiger partial charge in [0.05, 0.1) is 4.90 Å². The molecule has 0 bridgehead atoms. The number of hydrogen-bond donors (Lipinski definition) is 3. The van der Waals surface area contributed by atoms with E-state index in [1.54, 1.807) is 24.3 Å². The van der Waals surface area contributed by atoms with Crippen LogP contribution in [0.25, 0.3) is 0 Å². The van der Waals surface area contributed by atoms with E-state index in [9.17, 15) is 13.2 Å². The number of carbonyl (C=O) groups is 1. The quantitative estimate of drug-likeness (QED) is 0.638. The lowest BCUT2D eigenvalue weighted by Crippen LogP contribution is -2.50. The van der Waals surface area contributed by atoms with Gasteiger partial charge < -0.3 is 4.90 Å². The topological polar surface area (TPSA) is 90.5 Å². The lowest BCUT2D eigenvalue weighted by molar-refractivity contribution is -0.135. The summed E-state index contributed by atoms with van der Waals surface area (Å²) in [5.74, 6) is 0.189. The molecular formula is C23H30N4O3S. The summed E-state index contributed by atoms with van der Waals surface area (Å²) in [5.41, 5.74) is 8.56. The van der Waals surface area contributed by atoms with E-state index < -0.39 is 10.0 Å². The first-order chi connectivity index (χ1) is 14.9. The zero-order valence-electron chi connectivity index (χ0n) is 17.8. The van der Waals surface area contributed by atoms with E-state index in [-0.39, 0.29) is 28.8 Å². The van der Waals surface area contributed by atoms with Crippen LogP contribution in [0.4, 0.5) is 0 Å². The molecule has 0 saturated carbocycles. The molecule has 2 aromatic rings. The molecule has 2 saturated heterocycles. The van der Waals surface area contributed by atoms with Gasteiger partial charge in [0.25, 0.3) is 0 Å². The molecule has 31 heavy (non-hydrogen) atoms. The second kappa shape index (κ2) is 9.48. The van der Waals surface area contributed by atoms with Crippen LogP contribution in [0, 0.1) is 12.8 Å². The van der Waals surface area contributed by atoms with Crippen molar-refractivity contribution in [3.05, 3.63) is 65.7 Å². The highest BCUT2D eigenvalue weighted by Crippen LogP contribution is 2.25. The number of likely N-dealkylation sites (tertiary alicyclic amines) is 1. The van der Waals surface area contributed by atoms with Crippen molar-refractivity contribution in [1.82, 2.24) is 20.5 Å². The molecule has 3 N–H and O–H groups in total. The zero-order valence-corrected chi connectivity index (χ0v) is 18.6. The largest absolute Gasteiger partial charge is 0.341 e. The maximum atomic E-state index is 13.1. The fourth-order valence-corrected chi connectivity index (χ4v) is 5.42. The minimum absolute atomic E-state index is 0.0806. The fraction of sp³-hybridized carbons (Fsp3) is 0.435. The number of amides is 1. The Morgan fingerprint density at radius 3 is 2.58 bits per heavy atom. The summed E-state index contributed by atoms with van der Waals surface area (Å²) in [6.45, 7) is 3.55. The summed E-state index contributed by atoms with van der Waals surface area (Å²) in [6.07, 6.45) is 2.48. The first-order valence-electron chi connectivity index (χ1n) is 10.8. The Morgan fingerprint density at radius 1 is 1.10 bits per heavy atom. The van der Waals surface area contributed by atoms with Gasteiger partial charge in [-0.2, -0.15) is 0 Å². The number of nitrogens with zero attached hydrogens (tertiary/aromatic N) is 1. The van der Waals surface area contributed by atoms with Crippen LogP contribution >= 0.6 is 0 Å². The molecule has 0 spiro atoms. The van der Waals surface area contributed by atoms with Gasteiger partial charge >= 0.3 is 0 Å². The van der Waals surface area contributed by atoms with Crippen LogP contribution in [0.2, 0.25) is 0 Å². The summed E-state index contributed by atoms with van der Waals surface area (Å²) in [6, 6.07) is 16.8. The molecule has 0 aromatic heterocycles. The second-order valence-electron chi connectivity index (χ2n) is 8.50. The summed E-state index contributed by atoms with van der Waals surface area (Å²) in [5, 5.41) is 0. The van der Waals surface area contributed by atoms with Gasteiger partial charge in [0.2, 0.25) is 15.9 Å². The van der Waals surface area contributed by atoms with Gasteiger partial charge in [0, 0.05) is 25.7 Å². The number of rotatable bonds is 6. The van der Waals surface area contributed by atoms with Crippen LogP contribution in [0.5, 0.6) is 0 Å². The van der Waals surface area contributed by atoms with Gasteiger partial charge in [-0.1, -0.05) is 48.0 Å². The molecule has 166 valence electrons. The minimum Gasteiger partial charge on any atom is -0.341 e. The number of nitrogens with one attached hydrogen (secondary N) is 3. The third-order valence-electron chi connectivity index (χ3n) is 6.13. The van der Waals surface area contributed by atoms with Crippen molar-refractivity contribution in [2.75, 3.05) is 19.6 Å². The van der Waals surface area contributed by atoms with E-state index in [2.05, 4.69) is 27.7 Å². The first-order valence-corrected chi connectivity index (χ1v) is 12.3. The Morgan fingerprint density at radius 2 is 1.84 bits per heavy atom. The molecule has 2 aromatic carbocycles. The predicted molar refractivity (Wildman–Crippen MR) is 120 cm³/mol. The SMILES string of the molecule is Cc1ccc(S(=O)(=O)NCC2CCCN(C(=O)C3CC(c4ccccc4)NN3)C2)cc1. The van der Waals surface area contributed by atoms with Crippen molar-refractivity contribution >= 4 is 15.9 Å². The number of hydrazine groups is 1. The van der Waals surface area contributed by atoms with E-state index in [1.807, 2.05) is 30.0 Å². The average Bonchev–Trinajstić information content (AvgIpc) is 3.29. The van der Waals surface area contributed by atoms with E-state index in [4.69, 9.17) is 0 Å². The van der Waals surface area contributed by atoms with Crippen LogP contribution in [-0.2, 0) is 14.8 Å². The number of piperidine rings is 1. The Labute approximate surface area is 184 Å². The maximum Gasteiger partial charge on any atom is 0.241 e. The van der Waals surface area contributed by atoms with Crippen LogP contribution < -0.4 is 15.6 Å². The van der Waals surface area contributed by atoms with Crippen molar-refractivity contribution in [1.29, 1.82) is 0 Å². The summed E-state index contributed by atoms with van der Waals surface area (Å²) in [7, 11) is -3.54. The molecule has 8 heteroatoms. The highest BCUT2D eigenvalue weighted by atomic mass is 32.2. The smallest absolute Gasteiger partial charge is 0.241 e. The van der Waals surface area contributed by atoms with Gasteiger partial charge in [-0.05, 0) is 49.8 Å². The third-order valence-corrected chi connectivity index (χ3v) is 7.57. The molecule has 7 nitrogen and oxygen atoms in total. The van der Waals surface area contributed by atoms with Gasteiger partial charge in [0.15, 0.2) is 0 Å². The maximum absolute atomic E-state index is 13.1. The monoisotopic (exact) mass is 442 g/mol. The molecule has 0 aliphatic carbocycles. The van der Waals surface area contributed by atoms with Crippen LogP contribution in [0.15, 0.2) is 59.5 Å². The van der Waals surface area contributed by atoms with Crippen molar-refractivity contribution < 1.29 is 13.2 Å². The molecule has 2 aliphatic rings. The van der Waals surface area contributed by atoms with E-state index in [0.29, 0.717) is 26.1 Å². The third kappa shape index (κ3) is 5.33. The molecular weight excluding hydrogens is 412 g/mol. The highest BCUT2D eigenvalue weighted by Gasteiger charge is 2.34. The number of hydrogen-bond acceptors (Lipinski definition) is 5. The number of sulfonamides is 1. The van der Waals surface area contributed by atoms with Gasteiger partial charge in [-0.25, -0.2) is 24.0 Å². The van der Waals surface area contributed by atoms with Crippen LogP contribution in [0.1, 0.15) is 36.4 Å². The summed E-state index contributed by atoms with van der Waals surface area (Å²) >= 11 is 0. The summed E-state index contributed by atoms with van der Waals surface area (Å²) < 4.78 is 27.9. The fourth-order valence-electron chi connectivity index (χ4n) is 4.30. The molecule has 2 heterocycles. The molecule has 1 amide bonds. The minimum atomic E-state index is -3.54. The molecule has 4 rings (SSSR count). The highest BCUT2D eigenvalue weighted by molar-refractivity contribution is 7.89. The van der Waals surface area contributed by atoms with Crippen molar-refractivity contribution in [3.8, 4) is 0 Å². The van der Waals surface area contributed by atoms with Gasteiger partial charge in [-0.15, -0.1) is 0 Å². The van der Waals surface area contributed by atoms with Crippen molar-refractivity contribution in [2.45, 2.75) is 43.2 Å². The van der Waals surface area contributed by atoms with Crippen LogP contribution in [0.3, 0.4) is 0 Å². The number of aryl methyl sites for hydroxylation is 1. The van der Waals surface area contributed by atoms with E-state index in [0.717, 1.165) is 24.0 Å². The molecule has 3 atom stereocenters. The lowest BCUT2D eigenvalue weighted by atomic mass is 9.96. The summed E-state index contributed by atoms with van der Waals surface area (Å²) in [4.78, 5) is 15.2. The number of carbonyl (C=O) groups excluding carboxylic acids is 1. The predicted octanol–water partition coefficient (Wildman–Crippen LogP) is 2.12.